The van der Waals surface area contributed by atoms with Crippen molar-refractivity contribution in [2.45, 2.75) is 151 Å². The zero-order valence-electron chi connectivity index (χ0n) is 51.1. The maximum absolute atomic E-state index is 13.9. The Morgan fingerprint density at radius 2 is 0.773 bits per heavy atom. The predicted octanol–water partition coefficient (Wildman–Crippen LogP) is 11.9. The first kappa shape index (κ1) is 61.1. The minimum absolute atomic E-state index is 0.0176. The number of hydrogen-bond donors (Lipinski definition) is 8. The van der Waals surface area contributed by atoms with E-state index in [1.165, 1.54) is 45.4 Å². The number of rotatable bonds is 19. The average molecular weight is 1190 g/mol. The number of Topliss-reactive ketones (excluding diaryl/α,β-unsaturated/α-hetero) is 1. The third-order valence-corrected chi connectivity index (χ3v) is 18.7. The molecule has 0 amide bonds. The van der Waals surface area contributed by atoms with Crippen molar-refractivity contribution in [3.05, 3.63) is 132 Å². The molecule has 12 rings (SSSR count). The molecule has 2 aliphatic rings. The Hall–Kier alpha value is -8.54. The molecule has 2 atom stereocenters. The number of fused-ring (bicyclic) bond motifs is 2. The molecule has 0 saturated carbocycles. The highest BCUT2D eigenvalue weighted by Gasteiger charge is 2.39. The van der Waals surface area contributed by atoms with Gasteiger partial charge in [-0.3, -0.25) is 29.0 Å². The number of ketones is 1. The fourth-order valence-corrected chi connectivity index (χ4v) is 15.1. The molecule has 0 radical (unpaired) electrons. The standard InChI is InChI=1S/C38H41NO7.C34H32O8/c1-6-8-10-11-22-23-13-18(3)26(19(4)39-12-9-7-2)35-34-29(23)32-27(20(16-40)14-24(42)30(32)36(22)44)28-21(17-41)15-25(43)31(33(28)34)37(45)38(35)46-5;1-5-6-7-8-18-19-9-14(2)22(15(3)37)31-30-25(19)28-23(16(12-35)10-20(38)26(28)32(18)40)24-17(13-36)11-21(39)27(29(24)30)33(41)34(31)42-4/h13-15,26,40-41,44-45H,6-12,16-17H2,1-5H3;9-11,22,35-36,40-41H,5-8,12-13H2,1-4H3. The molecule has 0 aliphatic heterocycles. The van der Waals surface area contributed by atoms with Crippen molar-refractivity contribution in [2.24, 2.45) is 4.99 Å². The van der Waals surface area contributed by atoms with Crippen molar-refractivity contribution in [2.75, 3.05) is 20.8 Å². The van der Waals surface area contributed by atoms with Crippen LogP contribution >= 0.6 is 0 Å². The van der Waals surface area contributed by atoms with Crippen molar-refractivity contribution in [3.63, 3.8) is 0 Å². The number of allylic oxidation sites excluding steroid dienone is 2. The SMILES string of the molecule is CCCCCc1c(O)c2c(=O)cc(CO)c3c4c(CO)cc(=O)c5c(O)c(OC)c6c(c(c1C=C(C)C6C(C)=NCCCC)c23)c54.CCCCCc1c(O)c2c(=O)cc(CO)c3c4c(CO)cc(=O)c5c(O)c(OC)c6c(c(c1C=C(C)C6C(C)=O)c23)c54. The second-order valence-corrected chi connectivity index (χ2v) is 23.9. The van der Waals surface area contributed by atoms with Gasteiger partial charge in [0.25, 0.3) is 0 Å². The van der Waals surface area contributed by atoms with Crippen LogP contribution in [-0.4, -0.2) is 73.1 Å². The highest BCUT2D eigenvalue weighted by molar-refractivity contribution is 6.40. The first-order chi connectivity index (χ1) is 42.3. The minimum atomic E-state index is -0.867. The summed E-state index contributed by atoms with van der Waals surface area (Å²) in [5.41, 5.74) is 5.09. The third-order valence-electron chi connectivity index (χ3n) is 18.7. The van der Waals surface area contributed by atoms with E-state index in [4.69, 9.17) is 14.5 Å². The molecule has 0 fully saturated rings. The lowest BCUT2D eigenvalue weighted by molar-refractivity contribution is -0.117. The van der Waals surface area contributed by atoms with Crippen molar-refractivity contribution in [3.8, 4) is 34.5 Å². The van der Waals surface area contributed by atoms with Crippen LogP contribution in [0.1, 0.15) is 167 Å². The van der Waals surface area contributed by atoms with E-state index in [1.807, 2.05) is 26.0 Å². The van der Waals surface area contributed by atoms with Gasteiger partial charge in [-0.2, -0.15) is 0 Å². The molecule has 10 aromatic carbocycles. The molecular weight excluding hydrogens is 1120 g/mol. The number of carbonyl (C=O) groups excluding carboxylic acids is 1. The van der Waals surface area contributed by atoms with E-state index in [0.717, 1.165) is 68.2 Å². The van der Waals surface area contributed by atoms with Crippen molar-refractivity contribution < 1.29 is 55.1 Å². The Morgan fingerprint density at radius 3 is 1.10 bits per heavy atom. The van der Waals surface area contributed by atoms with E-state index in [9.17, 15) is 64.8 Å². The van der Waals surface area contributed by atoms with Crippen LogP contribution in [-0.2, 0) is 44.1 Å². The molecule has 0 bridgehead atoms. The van der Waals surface area contributed by atoms with Gasteiger partial charge in [-0.25, -0.2) is 0 Å². The number of aliphatic hydroxyl groups is 4. The fourth-order valence-electron chi connectivity index (χ4n) is 15.1. The zero-order chi connectivity index (χ0) is 63.2. The van der Waals surface area contributed by atoms with Gasteiger partial charge >= 0.3 is 0 Å². The molecule has 16 heteroatoms. The number of phenolic OH excluding ortho intramolecular Hbond substituents is 4. The second kappa shape index (κ2) is 23.5. The number of hydrogen-bond acceptors (Lipinski definition) is 16. The molecular formula is C72H73NO15. The maximum atomic E-state index is 13.9. The lowest BCUT2D eigenvalue weighted by Crippen LogP contribution is -2.15. The van der Waals surface area contributed by atoms with Gasteiger partial charge in [-0.15, -0.1) is 0 Å². The van der Waals surface area contributed by atoms with Gasteiger partial charge in [-0.05, 0) is 161 Å². The van der Waals surface area contributed by atoms with E-state index >= 15 is 0 Å². The number of ether oxygens (including phenoxy) is 2. The predicted molar refractivity (Wildman–Crippen MR) is 349 cm³/mol. The molecule has 0 aromatic heterocycles. The molecule has 2 aliphatic carbocycles. The summed E-state index contributed by atoms with van der Waals surface area (Å²) in [6.07, 6.45) is 12.1. The van der Waals surface area contributed by atoms with Crippen LogP contribution in [0.15, 0.2) is 59.6 Å². The Morgan fingerprint density at radius 1 is 0.443 bits per heavy atom. The van der Waals surface area contributed by atoms with Crippen LogP contribution in [0.5, 0.6) is 34.5 Å². The van der Waals surface area contributed by atoms with Crippen LogP contribution in [0, 0.1) is 0 Å². The number of unbranched alkanes of at least 4 members (excludes halogenated alkanes) is 5. The second-order valence-electron chi connectivity index (χ2n) is 23.9. The van der Waals surface area contributed by atoms with Crippen molar-refractivity contribution in [1.29, 1.82) is 0 Å². The van der Waals surface area contributed by atoms with E-state index in [-0.39, 0.29) is 67.2 Å². The lowest BCUT2D eigenvalue weighted by atomic mass is 9.78. The monoisotopic (exact) mass is 1190 g/mol. The average Bonchev–Trinajstić information content (AvgIpc) is 1.11. The quantitative estimate of drug-likeness (QED) is 0.0162. The minimum Gasteiger partial charge on any atom is -0.507 e. The number of methoxy groups -OCH3 is 2. The smallest absolute Gasteiger partial charge is 0.190 e. The van der Waals surface area contributed by atoms with Gasteiger partial charge in [0.15, 0.2) is 44.7 Å². The topological polar surface area (TPSA) is 278 Å². The van der Waals surface area contributed by atoms with Crippen LogP contribution < -0.4 is 31.2 Å². The van der Waals surface area contributed by atoms with E-state index in [2.05, 4.69) is 20.8 Å². The van der Waals surface area contributed by atoms with E-state index < -0.39 is 65.7 Å². The number of carbonyl (C=O) groups is 1. The highest BCUT2D eigenvalue weighted by atomic mass is 16.5. The highest BCUT2D eigenvalue weighted by Crippen LogP contribution is 2.59. The summed E-state index contributed by atoms with van der Waals surface area (Å²) >= 11 is 0. The van der Waals surface area contributed by atoms with Crippen LogP contribution in [0.4, 0.5) is 0 Å². The lowest BCUT2D eigenvalue weighted by Gasteiger charge is -2.26. The third kappa shape index (κ3) is 8.83. The Kier molecular flexibility index (Phi) is 16.3. The summed E-state index contributed by atoms with van der Waals surface area (Å²) in [6.45, 7) is 12.1. The van der Waals surface area contributed by atoms with Crippen LogP contribution in [0.3, 0.4) is 0 Å². The number of aliphatic imine (C=N–C) groups is 1. The maximum Gasteiger partial charge on any atom is 0.190 e. The summed E-state index contributed by atoms with van der Waals surface area (Å²) in [7, 11) is 2.82. The molecule has 2 unspecified atom stereocenters. The largest absolute Gasteiger partial charge is 0.507 e. The van der Waals surface area contributed by atoms with Gasteiger partial charge in [0, 0.05) is 62.0 Å². The van der Waals surface area contributed by atoms with Gasteiger partial charge in [0.05, 0.1) is 68.1 Å². The Labute approximate surface area is 505 Å². The number of aliphatic hydroxyl groups excluding tert-OH is 4. The zero-order valence-corrected chi connectivity index (χ0v) is 51.1. The Balaban J connectivity index is 0.000000183. The molecule has 456 valence electrons. The van der Waals surface area contributed by atoms with Crippen LogP contribution in [0.2, 0.25) is 0 Å². The van der Waals surface area contributed by atoms with Gasteiger partial charge in [0.1, 0.15) is 17.3 Å². The molecule has 16 nitrogen and oxygen atoms in total. The number of nitrogens with zero attached hydrogens (tertiary/aromatic N) is 1. The van der Waals surface area contributed by atoms with Crippen molar-refractivity contribution in [1.82, 2.24) is 0 Å². The normalized spacial score (nSPS) is 15.0. The molecule has 88 heavy (non-hydrogen) atoms. The molecule has 0 spiro atoms. The summed E-state index contributed by atoms with van der Waals surface area (Å²) < 4.78 is 11.7. The van der Waals surface area contributed by atoms with Gasteiger partial charge < -0.3 is 50.3 Å². The number of aromatic hydroxyl groups is 4. The van der Waals surface area contributed by atoms with Crippen LogP contribution in [0.25, 0.3) is 98.3 Å². The summed E-state index contributed by atoms with van der Waals surface area (Å²) in [6, 6.07) is 5.14. The summed E-state index contributed by atoms with van der Waals surface area (Å²) in [4.78, 5) is 73.2. The van der Waals surface area contributed by atoms with E-state index in [1.54, 1.807) is 6.92 Å². The number of phenols is 4. The molecule has 10 aromatic rings. The molecule has 0 saturated heterocycles. The van der Waals surface area contributed by atoms with Gasteiger partial charge in [0.2, 0.25) is 0 Å². The fraction of sp³-hybridized carbons (Fsp3) is 0.361. The van der Waals surface area contributed by atoms with Crippen molar-refractivity contribution >= 4 is 110 Å². The first-order valence-corrected chi connectivity index (χ1v) is 30.4. The molecule has 8 N–H and O–H groups in total. The molecule has 0 heterocycles. The summed E-state index contributed by atoms with van der Waals surface area (Å²) in [5.74, 6) is -2.38. The first-order valence-electron chi connectivity index (χ1n) is 30.4. The number of benzene rings is 10. The van der Waals surface area contributed by atoms with Gasteiger partial charge in [-0.1, -0.05) is 76.2 Å². The van der Waals surface area contributed by atoms with E-state index in [0.29, 0.717) is 129 Å². The summed E-state index contributed by atoms with van der Waals surface area (Å²) in [5, 5.41) is 95.1. The Bertz CT molecular complexity index is 4930.